The number of anilines is 1. The average Bonchev–Trinajstić information content (AvgIpc) is 3.20. The molecule has 0 saturated carbocycles. The Morgan fingerprint density at radius 3 is 2.79 bits per heavy atom. The Labute approximate surface area is 197 Å². The molecule has 3 atom stereocenters. The van der Waals surface area contributed by atoms with Crippen LogP contribution in [0.4, 0.5) is 5.69 Å². The van der Waals surface area contributed by atoms with Crippen LogP contribution in [0.5, 0.6) is 5.75 Å². The fourth-order valence-corrected chi connectivity index (χ4v) is 6.23. The van der Waals surface area contributed by atoms with Crippen LogP contribution in [0, 0.1) is 13.8 Å². The lowest BCUT2D eigenvalue weighted by Crippen LogP contribution is -2.47. The Balaban J connectivity index is 1.32. The molecule has 3 aromatic carbocycles. The van der Waals surface area contributed by atoms with Gasteiger partial charge < -0.3 is 15.4 Å². The highest BCUT2D eigenvalue weighted by Gasteiger charge is 2.35. The largest absolute Gasteiger partial charge is 0.488 e. The van der Waals surface area contributed by atoms with E-state index in [1.165, 1.54) is 44.6 Å². The van der Waals surface area contributed by atoms with E-state index in [-0.39, 0.29) is 6.10 Å². The minimum Gasteiger partial charge on any atom is -0.488 e. The predicted molar refractivity (Wildman–Crippen MR) is 136 cm³/mol. The number of benzene rings is 3. The van der Waals surface area contributed by atoms with Gasteiger partial charge in [-0.1, -0.05) is 54.1 Å². The Morgan fingerprint density at radius 2 is 1.85 bits per heavy atom. The maximum atomic E-state index is 6.79. The monoisotopic (exact) mass is 438 g/mol. The normalized spacial score (nSPS) is 23.5. The Hall–Kier alpha value is -2.78. The summed E-state index contributed by atoms with van der Waals surface area (Å²) < 4.78 is 6.79. The average molecular weight is 439 g/mol. The van der Waals surface area contributed by atoms with Gasteiger partial charge >= 0.3 is 0 Å². The van der Waals surface area contributed by atoms with Crippen LogP contribution in [-0.2, 0) is 25.7 Å². The first-order chi connectivity index (χ1) is 16.2. The van der Waals surface area contributed by atoms with Gasteiger partial charge in [-0.3, -0.25) is 0 Å². The van der Waals surface area contributed by atoms with E-state index in [2.05, 4.69) is 79.1 Å². The number of ether oxygens (including phenoxy) is 1. The highest BCUT2D eigenvalue weighted by Crippen LogP contribution is 2.42. The summed E-state index contributed by atoms with van der Waals surface area (Å²) in [7, 11) is 0. The van der Waals surface area contributed by atoms with Gasteiger partial charge in [-0.15, -0.1) is 0 Å². The lowest BCUT2D eigenvalue weighted by Gasteiger charge is -2.37. The summed E-state index contributed by atoms with van der Waals surface area (Å²) in [5, 5.41) is 7.41. The van der Waals surface area contributed by atoms with Gasteiger partial charge in [0, 0.05) is 18.3 Å². The molecule has 2 N–H and O–H groups in total. The second-order valence-corrected chi connectivity index (χ2v) is 10.2. The van der Waals surface area contributed by atoms with E-state index in [4.69, 9.17) is 4.74 Å². The van der Waals surface area contributed by atoms with Crippen LogP contribution >= 0.6 is 0 Å². The predicted octanol–water partition coefficient (Wildman–Crippen LogP) is 5.51. The molecule has 0 radical (unpaired) electrons. The van der Waals surface area contributed by atoms with Crippen molar-refractivity contribution in [1.29, 1.82) is 0 Å². The number of rotatable bonds is 3. The van der Waals surface area contributed by atoms with Crippen molar-refractivity contribution in [2.24, 2.45) is 0 Å². The maximum Gasteiger partial charge on any atom is 0.126 e. The van der Waals surface area contributed by atoms with E-state index >= 15 is 0 Å². The standard InChI is InChI=1S/C30H34N2O/c1-19-9-10-21-11-13-32-28(17-23(21)15-19)29-18-24(26-7-3-5-20(2)30(26)33-29)16-22-6-4-8-27-25(22)12-14-31-27/h3-10,15,24,28-29,31-32H,11-14,16-18H2,1-2H3. The molecule has 170 valence electrons. The second kappa shape index (κ2) is 8.53. The van der Waals surface area contributed by atoms with Crippen molar-refractivity contribution in [3.63, 3.8) is 0 Å². The topological polar surface area (TPSA) is 33.3 Å². The van der Waals surface area contributed by atoms with Gasteiger partial charge in [0.05, 0.1) is 0 Å². The molecule has 0 saturated heterocycles. The van der Waals surface area contributed by atoms with Crippen LogP contribution in [0.2, 0.25) is 0 Å². The van der Waals surface area contributed by atoms with Crippen LogP contribution in [-0.4, -0.2) is 25.2 Å². The summed E-state index contributed by atoms with van der Waals surface area (Å²) in [5.41, 5.74) is 11.3. The molecular formula is C30H34N2O. The second-order valence-electron chi connectivity index (χ2n) is 10.2. The van der Waals surface area contributed by atoms with E-state index in [0.29, 0.717) is 12.0 Å². The van der Waals surface area contributed by atoms with Crippen LogP contribution in [0.1, 0.15) is 51.3 Å². The molecule has 33 heavy (non-hydrogen) atoms. The van der Waals surface area contributed by atoms with Crippen molar-refractivity contribution >= 4 is 5.69 Å². The van der Waals surface area contributed by atoms with Crippen LogP contribution in [0.25, 0.3) is 0 Å². The molecule has 0 aromatic heterocycles. The van der Waals surface area contributed by atoms with Crippen molar-refractivity contribution in [2.45, 2.75) is 64.0 Å². The minimum absolute atomic E-state index is 0.185. The molecule has 6 rings (SSSR count). The third-order valence-corrected chi connectivity index (χ3v) is 7.95. The van der Waals surface area contributed by atoms with Gasteiger partial charge in [0.1, 0.15) is 11.9 Å². The summed E-state index contributed by atoms with van der Waals surface area (Å²) in [6, 6.07) is 20.8. The van der Waals surface area contributed by atoms with Crippen molar-refractivity contribution in [1.82, 2.24) is 5.32 Å². The summed E-state index contributed by atoms with van der Waals surface area (Å²) >= 11 is 0. The van der Waals surface area contributed by atoms with E-state index in [1.807, 2.05) is 0 Å². The lowest BCUT2D eigenvalue weighted by molar-refractivity contribution is 0.116. The molecule has 3 aliphatic heterocycles. The van der Waals surface area contributed by atoms with Crippen LogP contribution in [0.3, 0.4) is 0 Å². The summed E-state index contributed by atoms with van der Waals surface area (Å²) in [5.74, 6) is 1.60. The van der Waals surface area contributed by atoms with Gasteiger partial charge in [0.2, 0.25) is 0 Å². The highest BCUT2D eigenvalue weighted by atomic mass is 16.5. The molecule has 0 spiro atoms. The van der Waals surface area contributed by atoms with Crippen molar-refractivity contribution in [3.05, 3.63) is 93.5 Å². The molecule has 3 unspecified atom stereocenters. The van der Waals surface area contributed by atoms with Crippen molar-refractivity contribution in [3.8, 4) is 5.75 Å². The quantitative estimate of drug-likeness (QED) is 0.566. The first-order valence-corrected chi connectivity index (χ1v) is 12.6. The SMILES string of the molecule is Cc1ccc2c(c1)CC(C1CC(Cc3cccc4c3CCN4)c3cccc(C)c3O1)NCC2. The highest BCUT2D eigenvalue weighted by molar-refractivity contribution is 5.59. The van der Waals surface area contributed by atoms with Gasteiger partial charge in [-0.25, -0.2) is 0 Å². The summed E-state index contributed by atoms with van der Waals surface area (Å²) in [6.07, 6.45) is 5.61. The first-order valence-electron chi connectivity index (χ1n) is 12.6. The van der Waals surface area contributed by atoms with E-state index in [1.54, 1.807) is 0 Å². The number of hydrogen-bond acceptors (Lipinski definition) is 3. The molecule has 3 heterocycles. The Kier molecular flexibility index (Phi) is 5.38. The zero-order valence-electron chi connectivity index (χ0n) is 19.8. The fourth-order valence-electron chi connectivity index (χ4n) is 6.23. The van der Waals surface area contributed by atoms with Gasteiger partial charge in [0.25, 0.3) is 0 Å². The van der Waals surface area contributed by atoms with E-state index in [0.717, 1.165) is 50.9 Å². The molecule has 3 heteroatoms. The molecular weight excluding hydrogens is 404 g/mol. The summed E-state index contributed by atoms with van der Waals surface area (Å²) in [4.78, 5) is 0. The van der Waals surface area contributed by atoms with Crippen molar-refractivity contribution < 1.29 is 4.74 Å². The maximum absolute atomic E-state index is 6.79. The Morgan fingerprint density at radius 1 is 0.939 bits per heavy atom. The van der Waals surface area contributed by atoms with Crippen LogP contribution < -0.4 is 15.4 Å². The zero-order chi connectivity index (χ0) is 22.4. The van der Waals surface area contributed by atoms with Crippen molar-refractivity contribution in [2.75, 3.05) is 18.4 Å². The summed E-state index contributed by atoms with van der Waals surface area (Å²) in [6.45, 7) is 6.47. The lowest BCUT2D eigenvalue weighted by atomic mass is 9.80. The number of fused-ring (bicyclic) bond motifs is 3. The molecule has 3 nitrogen and oxygen atoms in total. The van der Waals surface area contributed by atoms with Crippen LogP contribution in [0.15, 0.2) is 54.6 Å². The van der Waals surface area contributed by atoms with Gasteiger partial charge in [0.15, 0.2) is 0 Å². The third-order valence-electron chi connectivity index (χ3n) is 7.95. The molecule has 0 aliphatic carbocycles. The fraction of sp³-hybridized carbons (Fsp3) is 0.400. The Bertz CT molecular complexity index is 1180. The smallest absolute Gasteiger partial charge is 0.126 e. The van der Waals surface area contributed by atoms with E-state index < -0.39 is 0 Å². The number of hydrogen-bond donors (Lipinski definition) is 2. The molecule has 0 bridgehead atoms. The van der Waals surface area contributed by atoms with Gasteiger partial charge in [-0.2, -0.15) is 0 Å². The molecule has 3 aliphatic rings. The molecule has 3 aromatic rings. The zero-order valence-corrected chi connectivity index (χ0v) is 19.8. The molecule has 0 amide bonds. The number of para-hydroxylation sites is 1. The third kappa shape index (κ3) is 3.93. The number of aryl methyl sites for hydroxylation is 2. The minimum atomic E-state index is 0.185. The number of nitrogens with one attached hydrogen (secondary N) is 2. The van der Waals surface area contributed by atoms with E-state index in [9.17, 15) is 0 Å². The first kappa shape index (κ1) is 20.8. The van der Waals surface area contributed by atoms with Gasteiger partial charge in [-0.05, 0) is 97.9 Å². The molecule has 0 fully saturated rings.